The summed E-state index contributed by atoms with van der Waals surface area (Å²) in [5.74, 6) is -0.511. The van der Waals surface area contributed by atoms with E-state index in [1.807, 2.05) is 0 Å². The number of carbonyl (C=O) groups excluding carboxylic acids is 1. The Hall–Kier alpha value is -2.12. The number of aromatic nitrogens is 3. The molecule has 0 aliphatic carbocycles. The van der Waals surface area contributed by atoms with Crippen molar-refractivity contribution >= 4 is 12.0 Å². The van der Waals surface area contributed by atoms with Gasteiger partial charge in [0, 0.05) is 7.05 Å². The minimum Gasteiger partial charge on any atom is -0.480 e. The minimum absolute atomic E-state index is 0.343. The van der Waals surface area contributed by atoms with E-state index in [4.69, 9.17) is 5.11 Å². The fourth-order valence-corrected chi connectivity index (χ4v) is 1.53. The third kappa shape index (κ3) is 3.19. The van der Waals surface area contributed by atoms with Crippen molar-refractivity contribution in [1.29, 1.82) is 0 Å². The van der Waals surface area contributed by atoms with Crippen LogP contribution >= 0.6 is 0 Å². The Balaban J connectivity index is 2.62. The first-order chi connectivity index (χ1) is 8.47. The van der Waals surface area contributed by atoms with E-state index in [2.05, 4.69) is 20.5 Å². The average molecular weight is 255 g/mol. The predicted molar refractivity (Wildman–Crippen MR) is 62.8 cm³/mol. The fourth-order valence-electron chi connectivity index (χ4n) is 1.53. The largest absolute Gasteiger partial charge is 0.480 e. The quantitative estimate of drug-likeness (QED) is 0.703. The summed E-state index contributed by atoms with van der Waals surface area (Å²) in [4.78, 5) is 27.9. The van der Waals surface area contributed by atoms with Crippen molar-refractivity contribution < 1.29 is 14.7 Å². The van der Waals surface area contributed by atoms with Gasteiger partial charge in [-0.15, -0.1) is 0 Å². The number of carbonyl (C=O) groups is 2. The summed E-state index contributed by atoms with van der Waals surface area (Å²) in [6.45, 7) is 3.44. The van der Waals surface area contributed by atoms with Crippen LogP contribution in [0.2, 0.25) is 0 Å². The van der Waals surface area contributed by atoms with Crippen LogP contribution in [0, 0.1) is 0 Å². The third-order valence-corrected chi connectivity index (χ3v) is 2.64. The highest BCUT2D eigenvalue weighted by molar-refractivity contribution is 5.82. The topological polar surface area (TPSA) is 111 Å². The van der Waals surface area contributed by atoms with Gasteiger partial charge in [0.2, 0.25) is 0 Å². The van der Waals surface area contributed by atoms with E-state index in [0.717, 1.165) is 4.90 Å². The second kappa shape index (κ2) is 5.99. The van der Waals surface area contributed by atoms with Crippen molar-refractivity contribution in [3.8, 4) is 0 Å². The molecule has 2 atom stereocenters. The molecule has 8 heteroatoms. The third-order valence-electron chi connectivity index (χ3n) is 2.64. The molecule has 18 heavy (non-hydrogen) atoms. The van der Waals surface area contributed by atoms with Crippen LogP contribution in [0.3, 0.4) is 0 Å². The second-order valence-electron chi connectivity index (χ2n) is 3.92. The summed E-state index contributed by atoms with van der Waals surface area (Å²) in [5.41, 5.74) is 0. The molecule has 1 rings (SSSR count). The first-order valence-corrected chi connectivity index (χ1v) is 5.58. The Morgan fingerprint density at radius 3 is 2.72 bits per heavy atom. The smallest absolute Gasteiger partial charge is 0.326 e. The van der Waals surface area contributed by atoms with Crippen LogP contribution < -0.4 is 5.32 Å². The molecule has 3 N–H and O–H groups in total. The summed E-state index contributed by atoms with van der Waals surface area (Å²) in [7, 11) is 1.45. The molecule has 0 fully saturated rings. The van der Waals surface area contributed by atoms with Gasteiger partial charge >= 0.3 is 12.0 Å². The predicted octanol–water partition coefficient (Wildman–Crippen LogP) is 0.370. The lowest BCUT2D eigenvalue weighted by Crippen LogP contribution is -2.47. The second-order valence-corrected chi connectivity index (χ2v) is 3.92. The molecule has 0 aliphatic rings. The van der Waals surface area contributed by atoms with Gasteiger partial charge in [-0.2, -0.15) is 5.10 Å². The summed E-state index contributed by atoms with van der Waals surface area (Å²) >= 11 is 0. The maximum atomic E-state index is 11.8. The summed E-state index contributed by atoms with van der Waals surface area (Å²) in [6.07, 6.45) is 1.68. The molecule has 0 aliphatic heterocycles. The number of aromatic amines is 1. The van der Waals surface area contributed by atoms with Crippen LogP contribution in [0.15, 0.2) is 6.33 Å². The Labute approximate surface area is 104 Å². The standard InChI is InChI=1S/C10H17N5O3/c1-4-7(9(16)17)15(3)10(18)13-6(2)8-11-5-12-14-8/h5-7H,4H2,1-3H3,(H,13,18)(H,16,17)(H,11,12,14). The van der Waals surface area contributed by atoms with Gasteiger partial charge < -0.3 is 15.3 Å². The number of carboxylic acids is 1. The van der Waals surface area contributed by atoms with Gasteiger partial charge in [-0.25, -0.2) is 14.6 Å². The van der Waals surface area contributed by atoms with E-state index < -0.39 is 18.0 Å². The molecular formula is C10H17N5O3. The Morgan fingerprint density at radius 2 is 2.28 bits per heavy atom. The number of urea groups is 1. The lowest BCUT2D eigenvalue weighted by Gasteiger charge is -2.25. The molecule has 0 radical (unpaired) electrons. The number of amides is 2. The van der Waals surface area contributed by atoms with Gasteiger partial charge in [-0.05, 0) is 13.3 Å². The van der Waals surface area contributed by atoms with Crippen molar-refractivity contribution in [2.24, 2.45) is 0 Å². The Kier molecular flexibility index (Phi) is 4.64. The molecule has 8 nitrogen and oxygen atoms in total. The lowest BCUT2D eigenvalue weighted by molar-refractivity contribution is -0.141. The van der Waals surface area contributed by atoms with Crippen LogP contribution in [0.25, 0.3) is 0 Å². The first-order valence-electron chi connectivity index (χ1n) is 5.58. The zero-order chi connectivity index (χ0) is 13.7. The minimum atomic E-state index is -1.03. The van der Waals surface area contributed by atoms with Crippen molar-refractivity contribution in [3.63, 3.8) is 0 Å². The lowest BCUT2D eigenvalue weighted by atomic mass is 10.2. The van der Waals surface area contributed by atoms with Crippen LogP contribution in [0.4, 0.5) is 4.79 Å². The summed E-state index contributed by atoms with van der Waals surface area (Å²) in [6, 6.07) is -1.67. The molecule has 2 unspecified atom stereocenters. The van der Waals surface area contributed by atoms with Crippen LogP contribution in [0.5, 0.6) is 0 Å². The zero-order valence-corrected chi connectivity index (χ0v) is 10.5. The molecule has 100 valence electrons. The SMILES string of the molecule is CCC(C(=O)O)N(C)C(=O)NC(C)c1ncn[nH]1. The van der Waals surface area contributed by atoms with E-state index in [9.17, 15) is 9.59 Å². The Morgan fingerprint density at radius 1 is 1.61 bits per heavy atom. The van der Waals surface area contributed by atoms with Gasteiger partial charge in [0.05, 0.1) is 6.04 Å². The molecule has 0 spiro atoms. The zero-order valence-electron chi connectivity index (χ0n) is 10.5. The molecule has 1 heterocycles. The number of carboxylic acid groups (broad SMARTS) is 1. The molecule has 0 aromatic carbocycles. The van der Waals surface area contributed by atoms with Gasteiger partial charge in [-0.1, -0.05) is 6.92 Å². The highest BCUT2D eigenvalue weighted by Gasteiger charge is 2.25. The van der Waals surface area contributed by atoms with E-state index in [-0.39, 0.29) is 6.04 Å². The van der Waals surface area contributed by atoms with Crippen LogP contribution in [0.1, 0.15) is 32.1 Å². The molecule has 2 amide bonds. The number of H-pyrrole nitrogens is 1. The average Bonchev–Trinajstić information content (AvgIpc) is 2.82. The maximum Gasteiger partial charge on any atom is 0.326 e. The fraction of sp³-hybridized carbons (Fsp3) is 0.600. The van der Waals surface area contributed by atoms with Crippen molar-refractivity contribution in [1.82, 2.24) is 25.4 Å². The number of nitrogens with one attached hydrogen (secondary N) is 2. The number of nitrogens with zero attached hydrogens (tertiary/aromatic N) is 3. The van der Waals surface area contributed by atoms with E-state index in [0.29, 0.717) is 12.2 Å². The first kappa shape index (κ1) is 13.9. The number of likely N-dealkylation sites (N-methyl/N-ethyl adjacent to an activating group) is 1. The van der Waals surface area contributed by atoms with Gasteiger partial charge in [0.25, 0.3) is 0 Å². The molecule has 0 saturated heterocycles. The van der Waals surface area contributed by atoms with Gasteiger partial charge in [0.15, 0.2) is 0 Å². The highest BCUT2D eigenvalue weighted by Crippen LogP contribution is 2.07. The van der Waals surface area contributed by atoms with Gasteiger partial charge in [0.1, 0.15) is 18.2 Å². The van der Waals surface area contributed by atoms with Gasteiger partial charge in [-0.3, -0.25) is 5.10 Å². The van der Waals surface area contributed by atoms with E-state index in [1.54, 1.807) is 13.8 Å². The number of hydrogen-bond donors (Lipinski definition) is 3. The summed E-state index contributed by atoms with van der Waals surface area (Å²) < 4.78 is 0. The normalized spacial score (nSPS) is 13.7. The monoisotopic (exact) mass is 255 g/mol. The highest BCUT2D eigenvalue weighted by atomic mass is 16.4. The summed E-state index contributed by atoms with van der Waals surface area (Å²) in [5, 5.41) is 17.9. The molecule has 0 bridgehead atoms. The molecular weight excluding hydrogens is 238 g/mol. The van der Waals surface area contributed by atoms with Crippen molar-refractivity contribution in [2.45, 2.75) is 32.4 Å². The van der Waals surface area contributed by atoms with Crippen molar-refractivity contribution in [3.05, 3.63) is 12.2 Å². The number of rotatable bonds is 5. The van der Waals surface area contributed by atoms with Crippen molar-refractivity contribution in [2.75, 3.05) is 7.05 Å². The molecule has 0 saturated carbocycles. The van der Waals surface area contributed by atoms with Crippen LogP contribution in [-0.2, 0) is 4.79 Å². The molecule has 1 aromatic heterocycles. The molecule has 1 aromatic rings. The number of hydrogen-bond acceptors (Lipinski definition) is 4. The maximum absolute atomic E-state index is 11.8. The van der Waals surface area contributed by atoms with E-state index in [1.165, 1.54) is 13.4 Å². The van der Waals surface area contributed by atoms with E-state index >= 15 is 0 Å². The Bertz CT molecular complexity index is 406. The van der Waals surface area contributed by atoms with Crippen LogP contribution in [-0.4, -0.2) is 50.3 Å². The number of aliphatic carboxylic acids is 1.